The Labute approximate surface area is 143 Å². The minimum atomic E-state index is -3.62. The van der Waals surface area contributed by atoms with E-state index in [1.165, 1.54) is 3.97 Å². The van der Waals surface area contributed by atoms with Crippen LogP contribution in [0.15, 0.2) is 52.1 Å². The van der Waals surface area contributed by atoms with Gasteiger partial charge in [-0.2, -0.15) is 0 Å². The van der Waals surface area contributed by atoms with Gasteiger partial charge in [0.15, 0.2) is 0 Å². The maximum Gasteiger partial charge on any atom is 0.268 e. The molecular weight excluding hydrogens is 376 g/mol. The summed E-state index contributed by atoms with van der Waals surface area (Å²) in [4.78, 5) is 4.81. The molecule has 3 aromatic rings. The molecule has 0 unspecified atom stereocenters. The van der Waals surface area contributed by atoms with Crippen molar-refractivity contribution in [2.75, 3.05) is 0 Å². The zero-order chi connectivity index (χ0) is 16.2. The fourth-order valence-electron chi connectivity index (χ4n) is 2.79. The van der Waals surface area contributed by atoms with Crippen molar-refractivity contribution in [3.63, 3.8) is 0 Å². The predicted octanol–water partition coefficient (Wildman–Crippen LogP) is 4.22. The van der Waals surface area contributed by atoms with Crippen LogP contribution < -0.4 is 0 Å². The van der Waals surface area contributed by atoms with Gasteiger partial charge in [0.1, 0.15) is 4.60 Å². The Bertz CT molecular complexity index is 1000. The van der Waals surface area contributed by atoms with E-state index in [0.717, 1.165) is 34.1 Å². The Morgan fingerprint density at radius 3 is 2.48 bits per heavy atom. The molecule has 0 atom stereocenters. The van der Waals surface area contributed by atoms with E-state index >= 15 is 0 Å². The molecule has 23 heavy (non-hydrogen) atoms. The minimum absolute atomic E-state index is 0.297. The molecular formula is C17H15BrN2O2S. The third kappa shape index (κ3) is 2.50. The van der Waals surface area contributed by atoms with Gasteiger partial charge in [-0.15, -0.1) is 0 Å². The summed E-state index contributed by atoms with van der Waals surface area (Å²) < 4.78 is 28.1. The Morgan fingerprint density at radius 2 is 1.83 bits per heavy atom. The van der Waals surface area contributed by atoms with Crippen LogP contribution in [0.1, 0.15) is 29.9 Å². The quantitative estimate of drug-likeness (QED) is 0.629. The van der Waals surface area contributed by atoms with Crippen LogP contribution in [-0.2, 0) is 10.0 Å². The summed E-state index contributed by atoms with van der Waals surface area (Å²) in [6.45, 7) is 1.94. The van der Waals surface area contributed by atoms with Gasteiger partial charge in [-0.1, -0.05) is 17.7 Å². The van der Waals surface area contributed by atoms with E-state index in [2.05, 4.69) is 20.9 Å². The van der Waals surface area contributed by atoms with Crippen LogP contribution >= 0.6 is 15.9 Å². The molecule has 1 fully saturated rings. The average Bonchev–Trinajstić information content (AvgIpc) is 3.28. The molecule has 2 aromatic heterocycles. The molecule has 1 aliphatic rings. The van der Waals surface area contributed by atoms with Crippen LogP contribution in [0.5, 0.6) is 0 Å². The van der Waals surface area contributed by atoms with Gasteiger partial charge in [-0.25, -0.2) is 17.4 Å². The lowest BCUT2D eigenvalue weighted by Crippen LogP contribution is -2.11. The van der Waals surface area contributed by atoms with Crippen LogP contribution in [0.2, 0.25) is 0 Å². The van der Waals surface area contributed by atoms with Crippen molar-refractivity contribution < 1.29 is 8.42 Å². The van der Waals surface area contributed by atoms with Gasteiger partial charge in [-0.05, 0) is 65.9 Å². The summed E-state index contributed by atoms with van der Waals surface area (Å²) in [6, 6.07) is 10.5. The van der Waals surface area contributed by atoms with Gasteiger partial charge < -0.3 is 0 Å². The van der Waals surface area contributed by atoms with Gasteiger partial charge in [0.25, 0.3) is 10.0 Å². The number of nitrogens with zero attached hydrogens (tertiary/aromatic N) is 2. The van der Waals surface area contributed by atoms with E-state index < -0.39 is 10.0 Å². The van der Waals surface area contributed by atoms with E-state index in [4.69, 9.17) is 0 Å². The lowest BCUT2D eigenvalue weighted by atomic mass is 10.2. The first-order valence-corrected chi connectivity index (χ1v) is 9.70. The predicted molar refractivity (Wildman–Crippen MR) is 93.2 cm³/mol. The maximum atomic E-state index is 13.0. The minimum Gasteiger partial charge on any atom is -0.239 e. The molecule has 6 heteroatoms. The molecule has 0 spiro atoms. The lowest BCUT2D eigenvalue weighted by Gasteiger charge is -2.07. The molecule has 0 saturated heterocycles. The summed E-state index contributed by atoms with van der Waals surface area (Å²) in [5, 5.41) is 0. The summed E-state index contributed by atoms with van der Waals surface area (Å²) in [5.41, 5.74) is 3.47. The third-order valence-electron chi connectivity index (χ3n) is 4.20. The normalized spacial score (nSPS) is 15.2. The van der Waals surface area contributed by atoms with Gasteiger partial charge in [0, 0.05) is 11.8 Å². The lowest BCUT2D eigenvalue weighted by molar-refractivity contribution is 0.589. The van der Waals surface area contributed by atoms with Crippen molar-refractivity contribution in [2.45, 2.75) is 30.6 Å². The summed E-state index contributed by atoms with van der Waals surface area (Å²) in [6.07, 6.45) is 3.94. The first-order chi connectivity index (χ1) is 11.0. The number of aromatic nitrogens is 2. The van der Waals surface area contributed by atoms with Crippen molar-refractivity contribution in [2.24, 2.45) is 0 Å². The van der Waals surface area contributed by atoms with Crippen molar-refractivity contribution in [3.05, 3.63) is 58.3 Å². The number of hydrogen-bond donors (Lipinski definition) is 0. The highest BCUT2D eigenvalue weighted by molar-refractivity contribution is 9.10. The average molecular weight is 391 g/mol. The van der Waals surface area contributed by atoms with Crippen molar-refractivity contribution >= 4 is 37.0 Å². The zero-order valence-electron chi connectivity index (χ0n) is 12.5. The number of halogens is 1. The van der Waals surface area contributed by atoms with Crippen LogP contribution in [-0.4, -0.2) is 17.4 Å². The maximum absolute atomic E-state index is 13.0. The number of hydrogen-bond acceptors (Lipinski definition) is 3. The number of aryl methyl sites for hydroxylation is 1. The molecule has 1 aliphatic carbocycles. The highest BCUT2D eigenvalue weighted by Gasteiger charge is 2.30. The van der Waals surface area contributed by atoms with E-state index in [1.807, 2.05) is 25.1 Å². The van der Waals surface area contributed by atoms with Gasteiger partial charge in [0.05, 0.1) is 15.9 Å². The highest BCUT2D eigenvalue weighted by atomic mass is 79.9. The highest BCUT2D eigenvalue weighted by Crippen LogP contribution is 2.44. The number of fused-ring (bicyclic) bond motifs is 1. The van der Waals surface area contributed by atoms with Crippen molar-refractivity contribution in [1.82, 2.24) is 8.96 Å². The van der Waals surface area contributed by atoms with Crippen LogP contribution in [0, 0.1) is 6.92 Å². The van der Waals surface area contributed by atoms with E-state index in [9.17, 15) is 8.42 Å². The second-order valence-electron chi connectivity index (χ2n) is 5.97. The molecule has 2 heterocycles. The number of rotatable bonds is 3. The fraction of sp³-hybridized carbons (Fsp3) is 0.235. The standard InChI is InChI=1S/C17H15BrN2O2S/c1-11-2-6-13(7-3-11)23(21,22)20-10-14(12-4-5-12)17-15(20)8-9-16(18)19-17/h2-3,6-10,12H,4-5H2,1H3. The van der Waals surface area contributed by atoms with E-state index in [-0.39, 0.29) is 0 Å². The van der Waals surface area contributed by atoms with Crippen LogP contribution in [0.3, 0.4) is 0 Å². The molecule has 4 nitrogen and oxygen atoms in total. The molecule has 0 bridgehead atoms. The Kier molecular flexibility index (Phi) is 3.35. The number of pyridine rings is 1. The number of benzene rings is 1. The van der Waals surface area contributed by atoms with Gasteiger partial charge in [0.2, 0.25) is 0 Å². The Morgan fingerprint density at radius 1 is 1.13 bits per heavy atom. The third-order valence-corrected chi connectivity index (χ3v) is 6.33. The van der Waals surface area contributed by atoms with E-state index in [0.29, 0.717) is 16.3 Å². The molecule has 1 aromatic carbocycles. The summed E-state index contributed by atoms with van der Waals surface area (Å²) in [7, 11) is -3.62. The first kappa shape index (κ1) is 14.9. The van der Waals surface area contributed by atoms with Gasteiger partial charge >= 0.3 is 0 Å². The fourth-order valence-corrected chi connectivity index (χ4v) is 4.47. The molecule has 0 radical (unpaired) electrons. The van der Waals surface area contributed by atoms with Crippen molar-refractivity contribution in [1.29, 1.82) is 0 Å². The van der Waals surface area contributed by atoms with Crippen molar-refractivity contribution in [3.8, 4) is 0 Å². The van der Waals surface area contributed by atoms with Gasteiger partial charge in [-0.3, -0.25) is 0 Å². The molecule has 0 aliphatic heterocycles. The molecule has 118 valence electrons. The van der Waals surface area contributed by atoms with Crippen LogP contribution in [0.4, 0.5) is 0 Å². The largest absolute Gasteiger partial charge is 0.268 e. The summed E-state index contributed by atoms with van der Waals surface area (Å²) in [5.74, 6) is 0.425. The second kappa shape index (κ2) is 5.18. The summed E-state index contributed by atoms with van der Waals surface area (Å²) >= 11 is 3.38. The Balaban J connectivity index is 1.96. The van der Waals surface area contributed by atoms with E-state index in [1.54, 1.807) is 24.4 Å². The first-order valence-electron chi connectivity index (χ1n) is 7.46. The molecule has 0 N–H and O–H groups in total. The smallest absolute Gasteiger partial charge is 0.239 e. The Hall–Kier alpha value is -1.66. The SMILES string of the molecule is Cc1ccc(S(=O)(=O)n2cc(C3CC3)c3nc(Br)ccc32)cc1. The zero-order valence-corrected chi connectivity index (χ0v) is 14.9. The second-order valence-corrected chi connectivity index (χ2v) is 8.60. The topological polar surface area (TPSA) is 52.0 Å². The molecule has 4 rings (SSSR count). The monoisotopic (exact) mass is 390 g/mol. The molecule has 1 saturated carbocycles. The van der Waals surface area contributed by atoms with Crippen LogP contribution in [0.25, 0.3) is 11.0 Å². The molecule has 0 amide bonds.